The average Bonchev–Trinajstić information content (AvgIpc) is 2.34. The lowest BCUT2D eigenvalue weighted by Crippen LogP contribution is -2.32. The molecule has 94 valence electrons. The summed E-state index contributed by atoms with van der Waals surface area (Å²) in [6, 6.07) is 3.91. The van der Waals surface area contributed by atoms with Crippen molar-refractivity contribution in [1.82, 2.24) is 10.3 Å². The van der Waals surface area contributed by atoms with Crippen LogP contribution >= 0.6 is 0 Å². The quantitative estimate of drug-likeness (QED) is 0.762. The fourth-order valence-corrected chi connectivity index (χ4v) is 1.62. The number of nitrogens with zero attached hydrogens (tertiary/aromatic N) is 1. The number of methoxy groups -OCH3 is 1. The zero-order valence-corrected chi connectivity index (χ0v) is 10.6. The molecule has 1 rings (SSSR count). The maximum absolute atomic E-state index is 11.5. The molecule has 0 fully saturated rings. The molecule has 17 heavy (non-hydrogen) atoms. The van der Waals surface area contributed by atoms with Crippen molar-refractivity contribution in [2.45, 2.75) is 20.4 Å². The average molecular weight is 236 g/mol. The second-order valence-electron chi connectivity index (χ2n) is 4.36. The van der Waals surface area contributed by atoms with Gasteiger partial charge in [-0.2, -0.15) is 0 Å². The van der Waals surface area contributed by atoms with Crippen molar-refractivity contribution in [3.63, 3.8) is 0 Å². The van der Waals surface area contributed by atoms with E-state index in [1.165, 1.54) is 7.11 Å². The highest BCUT2D eigenvalue weighted by Gasteiger charge is 2.22. The van der Waals surface area contributed by atoms with Gasteiger partial charge in [0, 0.05) is 25.5 Å². The maximum Gasteiger partial charge on any atom is 0.310 e. The summed E-state index contributed by atoms with van der Waals surface area (Å²) in [4.78, 5) is 15.5. The van der Waals surface area contributed by atoms with Crippen LogP contribution < -0.4 is 5.32 Å². The predicted molar refractivity (Wildman–Crippen MR) is 66.3 cm³/mol. The Kier molecular flexibility index (Phi) is 5.63. The predicted octanol–water partition coefficient (Wildman–Crippen LogP) is 1.62. The Hall–Kier alpha value is -1.42. The molecule has 0 amide bonds. The first-order valence-electron chi connectivity index (χ1n) is 5.82. The Bertz CT molecular complexity index is 339. The summed E-state index contributed by atoms with van der Waals surface area (Å²) in [6.45, 7) is 5.42. The lowest BCUT2D eigenvalue weighted by molar-refractivity contribution is -0.146. The highest BCUT2D eigenvalue weighted by Crippen LogP contribution is 2.11. The minimum absolute atomic E-state index is 0.0955. The number of nitrogens with one attached hydrogen (secondary N) is 1. The van der Waals surface area contributed by atoms with E-state index in [0.717, 1.165) is 12.1 Å². The van der Waals surface area contributed by atoms with E-state index in [9.17, 15) is 4.79 Å². The highest BCUT2D eigenvalue weighted by molar-refractivity contribution is 5.72. The summed E-state index contributed by atoms with van der Waals surface area (Å²) in [5.41, 5.74) is 1.16. The van der Waals surface area contributed by atoms with E-state index < -0.39 is 0 Å². The van der Waals surface area contributed by atoms with E-state index in [2.05, 4.69) is 10.3 Å². The fourth-order valence-electron chi connectivity index (χ4n) is 1.62. The van der Waals surface area contributed by atoms with E-state index in [-0.39, 0.29) is 17.8 Å². The molecule has 0 saturated heterocycles. The molecule has 4 nitrogen and oxygen atoms in total. The van der Waals surface area contributed by atoms with Gasteiger partial charge >= 0.3 is 5.97 Å². The van der Waals surface area contributed by atoms with Crippen LogP contribution in [0.4, 0.5) is 0 Å². The summed E-state index contributed by atoms with van der Waals surface area (Å²) >= 11 is 0. The van der Waals surface area contributed by atoms with Gasteiger partial charge < -0.3 is 10.1 Å². The van der Waals surface area contributed by atoms with E-state index in [1.807, 2.05) is 26.0 Å². The van der Waals surface area contributed by atoms with Gasteiger partial charge in [-0.05, 0) is 23.6 Å². The number of hydrogen-bond acceptors (Lipinski definition) is 4. The Morgan fingerprint density at radius 3 is 2.59 bits per heavy atom. The molecule has 0 aromatic carbocycles. The molecule has 1 aromatic rings. The van der Waals surface area contributed by atoms with Gasteiger partial charge in [0.2, 0.25) is 0 Å². The first-order valence-corrected chi connectivity index (χ1v) is 5.82. The van der Waals surface area contributed by atoms with Crippen molar-refractivity contribution in [2.24, 2.45) is 11.8 Å². The van der Waals surface area contributed by atoms with Crippen molar-refractivity contribution in [2.75, 3.05) is 13.7 Å². The minimum atomic E-state index is -0.151. The van der Waals surface area contributed by atoms with Gasteiger partial charge in [-0.15, -0.1) is 0 Å². The molecule has 1 heterocycles. The Balaban J connectivity index is 2.40. The zero-order valence-electron chi connectivity index (χ0n) is 10.6. The van der Waals surface area contributed by atoms with Crippen LogP contribution in [0.1, 0.15) is 19.4 Å². The highest BCUT2D eigenvalue weighted by atomic mass is 16.5. The van der Waals surface area contributed by atoms with Gasteiger partial charge in [0.05, 0.1) is 13.0 Å². The first-order chi connectivity index (χ1) is 8.15. The van der Waals surface area contributed by atoms with Gasteiger partial charge in [-0.1, -0.05) is 13.8 Å². The standard InChI is InChI=1S/C13H20N2O2/c1-10(2)12(13(16)17-3)9-15-8-11-4-6-14-7-5-11/h4-7,10,12,15H,8-9H2,1-3H3. The van der Waals surface area contributed by atoms with E-state index >= 15 is 0 Å². The number of rotatable bonds is 6. The fraction of sp³-hybridized carbons (Fsp3) is 0.538. The van der Waals surface area contributed by atoms with Crippen LogP contribution in [-0.2, 0) is 16.1 Å². The van der Waals surface area contributed by atoms with E-state index in [1.54, 1.807) is 12.4 Å². The van der Waals surface area contributed by atoms with Crippen LogP contribution in [-0.4, -0.2) is 24.6 Å². The molecule has 0 saturated carbocycles. The summed E-state index contributed by atoms with van der Waals surface area (Å²) in [5, 5.41) is 3.27. The molecule has 1 N–H and O–H groups in total. The van der Waals surface area contributed by atoms with Crippen LogP contribution in [0.5, 0.6) is 0 Å². The molecule has 1 unspecified atom stereocenters. The molecule has 0 spiro atoms. The maximum atomic E-state index is 11.5. The first kappa shape index (κ1) is 13.6. The molecule has 1 aromatic heterocycles. The number of aromatic nitrogens is 1. The number of esters is 1. The summed E-state index contributed by atoms with van der Waals surface area (Å²) in [5.74, 6) is 0.0245. The third-order valence-electron chi connectivity index (χ3n) is 2.75. The SMILES string of the molecule is COC(=O)C(CNCc1ccncc1)C(C)C. The van der Waals surface area contributed by atoms with Crippen molar-refractivity contribution >= 4 is 5.97 Å². The lowest BCUT2D eigenvalue weighted by atomic mass is 9.96. The Morgan fingerprint density at radius 2 is 2.06 bits per heavy atom. The van der Waals surface area contributed by atoms with Crippen LogP contribution in [0.2, 0.25) is 0 Å². The molecule has 4 heteroatoms. The van der Waals surface area contributed by atoms with Gasteiger partial charge in [-0.3, -0.25) is 9.78 Å². The molecule has 0 aliphatic heterocycles. The van der Waals surface area contributed by atoms with Crippen molar-refractivity contribution in [3.8, 4) is 0 Å². The number of pyridine rings is 1. The number of hydrogen-bond donors (Lipinski definition) is 1. The normalized spacial score (nSPS) is 12.5. The number of carbonyl (C=O) groups excluding carboxylic acids is 1. The second-order valence-corrected chi connectivity index (χ2v) is 4.36. The van der Waals surface area contributed by atoms with E-state index in [0.29, 0.717) is 6.54 Å². The number of ether oxygens (including phenoxy) is 1. The largest absolute Gasteiger partial charge is 0.469 e. The van der Waals surface area contributed by atoms with Crippen LogP contribution in [0.15, 0.2) is 24.5 Å². The van der Waals surface area contributed by atoms with Gasteiger partial charge in [-0.25, -0.2) is 0 Å². The van der Waals surface area contributed by atoms with Crippen LogP contribution in [0.25, 0.3) is 0 Å². The molecule has 0 bridgehead atoms. The molecule has 0 radical (unpaired) electrons. The second kappa shape index (κ2) is 7.01. The summed E-state index contributed by atoms with van der Waals surface area (Å²) < 4.78 is 4.79. The molecular weight excluding hydrogens is 216 g/mol. The zero-order chi connectivity index (χ0) is 12.7. The third kappa shape index (κ3) is 4.53. The summed E-state index contributed by atoms with van der Waals surface area (Å²) in [7, 11) is 1.43. The Morgan fingerprint density at radius 1 is 1.41 bits per heavy atom. The van der Waals surface area contributed by atoms with Crippen LogP contribution in [0.3, 0.4) is 0 Å². The van der Waals surface area contributed by atoms with Crippen molar-refractivity contribution < 1.29 is 9.53 Å². The summed E-state index contributed by atoms with van der Waals surface area (Å²) in [6.07, 6.45) is 3.52. The van der Waals surface area contributed by atoms with Gasteiger partial charge in [0.1, 0.15) is 0 Å². The van der Waals surface area contributed by atoms with Gasteiger partial charge in [0.25, 0.3) is 0 Å². The molecule has 1 atom stereocenters. The monoisotopic (exact) mass is 236 g/mol. The number of carbonyl (C=O) groups is 1. The molecular formula is C13H20N2O2. The lowest BCUT2D eigenvalue weighted by Gasteiger charge is -2.18. The van der Waals surface area contributed by atoms with Crippen molar-refractivity contribution in [3.05, 3.63) is 30.1 Å². The Labute approximate surface area is 102 Å². The van der Waals surface area contributed by atoms with Crippen LogP contribution in [0, 0.1) is 11.8 Å². The van der Waals surface area contributed by atoms with Crippen molar-refractivity contribution in [1.29, 1.82) is 0 Å². The molecule has 0 aliphatic carbocycles. The topological polar surface area (TPSA) is 51.2 Å². The minimum Gasteiger partial charge on any atom is -0.469 e. The third-order valence-corrected chi connectivity index (χ3v) is 2.75. The smallest absolute Gasteiger partial charge is 0.310 e. The molecule has 0 aliphatic rings. The van der Waals surface area contributed by atoms with Gasteiger partial charge in [0.15, 0.2) is 0 Å². The van der Waals surface area contributed by atoms with E-state index in [4.69, 9.17) is 4.74 Å².